The van der Waals surface area contributed by atoms with Gasteiger partial charge in [-0.3, -0.25) is 39.6 Å². The highest BCUT2D eigenvalue weighted by Crippen LogP contribution is 2.35. The van der Waals surface area contributed by atoms with Crippen LogP contribution < -0.4 is 22.2 Å². The van der Waals surface area contributed by atoms with Crippen molar-refractivity contribution >= 4 is 0 Å². The minimum atomic E-state index is -0.641. The van der Waals surface area contributed by atoms with Gasteiger partial charge in [0, 0.05) is 34.6 Å². The van der Waals surface area contributed by atoms with Crippen LogP contribution in [0.3, 0.4) is 0 Å². The van der Waals surface area contributed by atoms with E-state index in [2.05, 4.69) is 40.8 Å². The molecular formula is C24H26N8O4. The number of aromatic nitrogens is 8. The van der Waals surface area contributed by atoms with E-state index in [0.29, 0.717) is 56.2 Å². The van der Waals surface area contributed by atoms with Crippen LogP contribution in [0.25, 0.3) is 0 Å². The molecule has 0 aliphatic rings. The molecule has 36 heavy (non-hydrogen) atoms. The van der Waals surface area contributed by atoms with Crippen LogP contribution in [-0.4, -0.2) is 40.8 Å². The van der Waals surface area contributed by atoms with Crippen molar-refractivity contribution in [3.8, 4) is 0 Å². The van der Waals surface area contributed by atoms with E-state index in [0.717, 1.165) is 0 Å². The van der Waals surface area contributed by atoms with Gasteiger partial charge < -0.3 is 20.4 Å². The molecular weight excluding hydrogens is 464 g/mol. The van der Waals surface area contributed by atoms with Gasteiger partial charge in [0.1, 0.15) is 0 Å². The summed E-state index contributed by atoms with van der Waals surface area (Å²) in [6.07, 6.45) is 0. The van der Waals surface area contributed by atoms with Gasteiger partial charge in [0.15, 0.2) is 0 Å². The van der Waals surface area contributed by atoms with Gasteiger partial charge in [0.2, 0.25) is 0 Å². The molecule has 0 radical (unpaired) electrons. The molecule has 0 atom stereocenters. The molecule has 4 aromatic heterocycles. The lowest BCUT2D eigenvalue weighted by Crippen LogP contribution is -2.21. The lowest BCUT2D eigenvalue weighted by Gasteiger charge is -2.19. The average Bonchev–Trinajstić information content (AvgIpc) is 3.57. The number of rotatable bonds is 6. The summed E-state index contributed by atoms with van der Waals surface area (Å²) in [6, 6.07) is 7.27. The molecule has 5 rings (SSSR count). The van der Waals surface area contributed by atoms with Crippen LogP contribution in [0.1, 0.15) is 68.0 Å². The van der Waals surface area contributed by atoms with Gasteiger partial charge in [-0.15, -0.1) is 0 Å². The minimum absolute atomic E-state index is 0.316. The molecule has 186 valence electrons. The monoisotopic (exact) mass is 490 g/mol. The molecule has 4 heterocycles. The van der Waals surface area contributed by atoms with Crippen molar-refractivity contribution in [3.05, 3.63) is 122 Å². The third kappa shape index (κ3) is 3.54. The Kier molecular flexibility index (Phi) is 5.43. The third-order valence-electron chi connectivity index (χ3n) is 6.81. The van der Waals surface area contributed by atoms with Crippen LogP contribution in [0.15, 0.2) is 43.4 Å². The number of nitrogens with one attached hydrogen (secondary N) is 8. The van der Waals surface area contributed by atoms with Crippen molar-refractivity contribution < 1.29 is 0 Å². The van der Waals surface area contributed by atoms with E-state index in [-0.39, 0.29) is 22.2 Å². The van der Waals surface area contributed by atoms with E-state index < -0.39 is 11.8 Å². The van der Waals surface area contributed by atoms with E-state index in [1.807, 2.05) is 24.3 Å². The minimum Gasteiger partial charge on any atom is -0.302 e. The molecule has 0 bridgehead atoms. The van der Waals surface area contributed by atoms with Crippen molar-refractivity contribution in [3.63, 3.8) is 0 Å². The molecule has 12 heteroatoms. The number of aryl methyl sites for hydroxylation is 4. The summed E-state index contributed by atoms with van der Waals surface area (Å²) >= 11 is 0. The quantitative estimate of drug-likeness (QED) is 0.178. The van der Waals surface area contributed by atoms with E-state index >= 15 is 0 Å². The highest BCUT2D eigenvalue weighted by atomic mass is 16.1. The lowest BCUT2D eigenvalue weighted by molar-refractivity contribution is 0.910. The predicted octanol–water partition coefficient (Wildman–Crippen LogP) is 1.35. The van der Waals surface area contributed by atoms with E-state index in [9.17, 15) is 19.2 Å². The fourth-order valence-corrected chi connectivity index (χ4v) is 5.05. The molecule has 1 aromatic carbocycles. The Morgan fingerprint density at radius 2 is 0.639 bits per heavy atom. The third-order valence-corrected chi connectivity index (χ3v) is 6.81. The standard InChI is InChI=1S/C24H26N8O4/c1-9-15(21(33)29-25-9)19(16-10(2)26-30-22(16)34)13-5-7-14(8-6-13)20(17-11(3)27-31-23(17)35)18-12(4)28-32-24(18)36/h5-8,19-20H,1-4H3,(H2,25,29,33)(H2,26,30,34)(H2,27,31,35)(H2,28,32,36). The Morgan fingerprint density at radius 3 is 0.806 bits per heavy atom. The Hall–Kier alpha value is -4.74. The molecule has 0 saturated carbocycles. The highest BCUT2D eigenvalue weighted by molar-refractivity contribution is 5.49. The maximum Gasteiger partial charge on any atom is 0.268 e. The second-order valence-corrected chi connectivity index (χ2v) is 9.00. The van der Waals surface area contributed by atoms with Crippen molar-refractivity contribution in [2.45, 2.75) is 39.5 Å². The van der Waals surface area contributed by atoms with Crippen molar-refractivity contribution in [1.82, 2.24) is 40.8 Å². The van der Waals surface area contributed by atoms with Gasteiger partial charge in [-0.05, 0) is 38.8 Å². The zero-order valence-electron chi connectivity index (χ0n) is 20.1. The molecule has 0 aliphatic heterocycles. The molecule has 0 fully saturated rings. The van der Waals surface area contributed by atoms with Gasteiger partial charge in [-0.2, -0.15) is 0 Å². The zero-order valence-corrected chi connectivity index (χ0v) is 20.1. The molecule has 12 nitrogen and oxygen atoms in total. The molecule has 0 aliphatic carbocycles. The van der Waals surface area contributed by atoms with E-state index in [1.54, 1.807) is 27.7 Å². The highest BCUT2D eigenvalue weighted by Gasteiger charge is 2.30. The van der Waals surface area contributed by atoms with Crippen LogP contribution in [-0.2, 0) is 0 Å². The average molecular weight is 491 g/mol. The topological polar surface area (TPSA) is 195 Å². The van der Waals surface area contributed by atoms with E-state index in [1.165, 1.54) is 0 Å². The summed E-state index contributed by atoms with van der Waals surface area (Å²) in [7, 11) is 0. The number of benzene rings is 1. The van der Waals surface area contributed by atoms with Gasteiger partial charge >= 0.3 is 0 Å². The Labute approximate surface area is 202 Å². The zero-order chi connectivity index (χ0) is 25.7. The summed E-state index contributed by atoms with van der Waals surface area (Å²) in [6.45, 7) is 7.07. The van der Waals surface area contributed by atoms with Gasteiger partial charge in [0.05, 0.1) is 22.3 Å². The van der Waals surface area contributed by atoms with Crippen molar-refractivity contribution in [2.24, 2.45) is 0 Å². The fraction of sp³-hybridized carbons (Fsp3) is 0.250. The van der Waals surface area contributed by atoms with Crippen LogP contribution >= 0.6 is 0 Å². The molecule has 0 spiro atoms. The largest absolute Gasteiger partial charge is 0.302 e. The summed E-state index contributed by atoms with van der Waals surface area (Å²) < 4.78 is 0. The predicted molar refractivity (Wildman–Crippen MR) is 133 cm³/mol. The number of H-pyrrole nitrogens is 8. The lowest BCUT2D eigenvalue weighted by atomic mass is 9.82. The van der Waals surface area contributed by atoms with Crippen molar-refractivity contribution in [2.75, 3.05) is 0 Å². The fourth-order valence-electron chi connectivity index (χ4n) is 5.05. The molecule has 8 N–H and O–H groups in total. The Bertz CT molecular complexity index is 1540. The van der Waals surface area contributed by atoms with Crippen LogP contribution in [0.4, 0.5) is 0 Å². The Morgan fingerprint density at radius 1 is 0.417 bits per heavy atom. The first-order chi connectivity index (χ1) is 17.2. The van der Waals surface area contributed by atoms with Crippen molar-refractivity contribution in [1.29, 1.82) is 0 Å². The van der Waals surface area contributed by atoms with Gasteiger partial charge in [0.25, 0.3) is 22.2 Å². The maximum absolute atomic E-state index is 12.7. The van der Waals surface area contributed by atoms with Crippen LogP contribution in [0.2, 0.25) is 0 Å². The molecule has 0 saturated heterocycles. The number of hydrogen-bond donors (Lipinski definition) is 8. The SMILES string of the molecule is Cc1[nH][nH]c(=O)c1C(c1ccc(C(c2c(C)[nH][nH]c2=O)c2c(C)[nH][nH]c2=O)cc1)c1c(C)[nH][nH]c1=O. The maximum atomic E-state index is 12.7. The molecule has 0 amide bonds. The van der Waals surface area contributed by atoms with Crippen LogP contribution in [0.5, 0.6) is 0 Å². The smallest absolute Gasteiger partial charge is 0.268 e. The summed E-state index contributed by atoms with van der Waals surface area (Å²) in [4.78, 5) is 50.9. The first-order valence-corrected chi connectivity index (χ1v) is 11.4. The van der Waals surface area contributed by atoms with E-state index in [4.69, 9.17) is 0 Å². The molecule has 0 unspecified atom stereocenters. The Balaban J connectivity index is 1.70. The second kappa shape index (κ2) is 8.48. The van der Waals surface area contributed by atoms with Crippen LogP contribution in [0, 0.1) is 27.7 Å². The summed E-state index contributed by atoms with van der Waals surface area (Å²) in [5.41, 5.74) is 4.37. The first-order valence-electron chi connectivity index (χ1n) is 11.4. The molecule has 5 aromatic rings. The number of aromatic amines is 8. The normalized spacial score (nSPS) is 11.7. The van der Waals surface area contributed by atoms with Gasteiger partial charge in [-0.25, -0.2) is 0 Å². The summed E-state index contributed by atoms with van der Waals surface area (Å²) in [5.74, 6) is -1.28. The first kappa shape index (κ1) is 23.0. The number of hydrogen-bond acceptors (Lipinski definition) is 4. The van der Waals surface area contributed by atoms with Gasteiger partial charge in [-0.1, -0.05) is 24.3 Å². The summed E-state index contributed by atoms with van der Waals surface area (Å²) in [5, 5.41) is 21.7. The second-order valence-electron chi connectivity index (χ2n) is 9.00.